The van der Waals surface area contributed by atoms with Gasteiger partial charge in [-0.15, -0.1) is 0 Å². The van der Waals surface area contributed by atoms with Crippen molar-refractivity contribution in [1.29, 1.82) is 0 Å². The maximum Gasteiger partial charge on any atom is 0.303 e. The summed E-state index contributed by atoms with van der Waals surface area (Å²) in [4.78, 5) is 37.8. The fraction of sp³-hybridized carbons (Fsp3) is 0.550. The smallest absolute Gasteiger partial charge is 0.303 e. The second kappa shape index (κ2) is 9.36. The van der Waals surface area contributed by atoms with E-state index in [4.69, 9.17) is 5.11 Å². The molecule has 1 aromatic rings. The Kier molecular flexibility index (Phi) is 7.18. The molecule has 2 N–H and O–H groups in total. The molecule has 1 aliphatic rings. The summed E-state index contributed by atoms with van der Waals surface area (Å²) in [7, 11) is 0. The predicted octanol–water partition coefficient (Wildman–Crippen LogP) is 2.08. The van der Waals surface area contributed by atoms with E-state index in [-0.39, 0.29) is 36.5 Å². The molecule has 6 nitrogen and oxygen atoms in total. The third kappa shape index (κ3) is 5.86. The Morgan fingerprint density at radius 3 is 2.31 bits per heavy atom. The van der Waals surface area contributed by atoms with Crippen LogP contribution >= 0.6 is 0 Å². The zero-order valence-electron chi connectivity index (χ0n) is 15.5. The molecule has 1 aliphatic heterocycles. The molecule has 0 aliphatic carbocycles. The minimum atomic E-state index is -0.789. The van der Waals surface area contributed by atoms with Crippen molar-refractivity contribution in [2.75, 3.05) is 13.1 Å². The number of likely N-dealkylation sites (tertiary alicyclic amines) is 1. The summed E-state index contributed by atoms with van der Waals surface area (Å²) in [6, 6.07) is 8.89. The molecule has 1 atom stereocenters. The third-order valence-corrected chi connectivity index (χ3v) is 4.85. The van der Waals surface area contributed by atoms with Crippen LogP contribution in [0.15, 0.2) is 30.3 Å². The molecule has 1 unspecified atom stereocenters. The van der Waals surface area contributed by atoms with Gasteiger partial charge in [0, 0.05) is 19.5 Å². The van der Waals surface area contributed by atoms with Crippen molar-refractivity contribution in [3.05, 3.63) is 35.9 Å². The van der Waals surface area contributed by atoms with Gasteiger partial charge >= 0.3 is 5.97 Å². The van der Waals surface area contributed by atoms with Gasteiger partial charge < -0.3 is 15.3 Å². The Labute approximate surface area is 154 Å². The van der Waals surface area contributed by atoms with Gasteiger partial charge in [0.2, 0.25) is 11.8 Å². The normalized spacial score (nSPS) is 16.3. The van der Waals surface area contributed by atoms with Crippen LogP contribution in [0.1, 0.15) is 38.7 Å². The maximum absolute atomic E-state index is 12.9. The number of carbonyl (C=O) groups excluding carboxylic acids is 2. The van der Waals surface area contributed by atoms with E-state index in [9.17, 15) is 14.4 Å². The number of amides is 2. The molecular weight excluding hydrogens is 332 g/mol. The lowest BCUT2D eigenvalue weighted by atomic mass is 9.92. The average molecular weight is 360 g/mol. The number of benzene rings is 1. The molecular formula is C20H28N2O4. The average Bonchev–Trinajstić information content (AvgIpc) is 2.60. The van der Waals surface area contributed by atoms with Crippen LogP contribution in [0.5, 0.6) is 0 Å². The molecule has 0 radical (unpaired) electrons. The van der Waals surface area contributed by atoms with Crippen LogP contribution in [-0.4, -0.2) is 46.9 Å². The highest BCUT2D eigenvalue weighted by atomic mass is 16.4. The van der Waals surface area contributed by atoms with E-state index < -0.39 is 12.0 Å². The van der Waals surface area contributed by atoms with Crippen molar-refractivity contribution in [3.63, 3.8) is 0 Å². The zero-order chi connectivity index (χ0) is 19.1. The van der Waals surface area contributed by atoms with Crippen LogP contribution < -0.4 is 5.32 Å². The number of nitrogens with one attached hydrogen (secondary N) is 1. The SMILES string of the molecule is CC(C)C(NC(=O)Cc1ccccc1)C(=O)N1CCC(CC(=O)O)CC1. The van der Waals surface area contributed by atoms with Gasteiger partial charge in [0.1, 0.15) is 6.04 Å². The standard InChI is InChI=1S/C20H28N2O4/c1-14(2)19(21-17(23)12-15-6-4-3-5-7-15)20(26)22-10-8-16(9-11-22)13-18(24)25/h3-7,14,16,19H,8-13H2,1-2H3,(H,21,23)(H,24,25). The Morgan fingerprint density at radius 2 is 1.77 bits per heavy atom. The van der Waals surface area contributed by atoms with Gasteiger partial charge in [0.15, 0.2) is 0 Å². The topological polar surface area (TPSA) is 86.7 Å². The summed E-state index contributed by atoms with van der Waals surface area (Å²) in [5, 5.41) is 11.8. The first kappa shape index (κ1) is 19.9. The Balaban J connectivity index is 1.91. The summed E-state index contributed by atoms with van der Waals surface area (Å²) in [5.41, 5.74) is 0.912. The van der Waals surface area contributed by atoms with Crippen LogP contribution in [0, 0.1) is 11.8 Å². The van der Waals surface area contributed by atoms with Gasteiger partial charge in [-0.25, -0.2) is 0 Å². The Bertz CT molecular complexity index is 622. The molecule has 26 heavy (non-hydrogen) atoms. The van der Waals surface area contributed by atoms with E-state index in [1.165, 1.54) is 0 Å². The summed E-state index contributed by atoms with van der Waals surface area (Å²) in [6.45, 7) is 4.94. The van der Waals surface area contributed by atoms with Crippen molar-refractivity contribution in [3.8, 4) is 0 Å². The molecule has 142 valence electrons. The zero-order valence-corrected chi connectivity index (χ0v) is 15.5. The molecule has 1 aromatic carbocycles. The molecule has 2 amide bonds. The van der Waals surface area contributed by atoms with E-state index in [1.807, 2.05) is 44.2 Å². The summed E-state index contributed by atoms with van der Waals surface area (Å²) >= 11 is 0. The highest BCUT2D eigenvalue weighted by molar-refractivity contribution is 5.88. The fourth-order valence-electron chi connectivity index (χ4n) is 3.32. The molecule has 0 aromatic heterocycles. The maximum atomic E-state index is 12.9. The highest BCUT2D eigenvalue weighted by Gasteiger charge is 2.31. The van der Waals surface area contributed by atoms with Gasteiger partial charge in [0.05, 0.1) is 6.42 Å². The van der Waals surface area contributed by atoms with Crippen molar-refractivity contribution in [2.24, 2.45) is 11.8 Å². The van der Waals surface area contributed by atoms with Crippen LogP contribution in [0.4, 0.5) is 0 Å². The monoisotopic (exact) mass is 360 g/mol. The van der Waals surface area contributed by atoms with Crippen LogP contribution in [0.3, 0.4) is 0 Å². The van der Waals surface area contributed by atoms with Gasteiger partial charge in [0.25, 0.3) is 0 Å². The number of piperidine rings is 1. The molecule has 0 saturated carbocycles. The van der Waals surface area contributed by atoms with Gasteiger partial charge in [-0.2, -0.15) is 0 Å². The van der Waals surface area contributed by atoms with Crippen LogP contribution in [0.25, 0.3) is 0 Å². The number of nitrogens with zero attached hydrogens (tertiary/aromatic N) is 1. The van der Waals surface area contributed by atoms with Crippen LogP contribution in [-0.2, 0) is 20.8 Å². The number of hydrogen-bond donors (Lipinski definition) is 2. The lowest BCUT2D eigenvalue weighted by Crippen LogP contribution is -2.53. The number of hydrogen-bond acceptors (Lipinski definition) is 3. The summed E-state index contributed by atoms with van der Waals surface area (Å²) < 4.78 is 0. The van der Waals surface area contributed by atoms with E-state index >= 15 is 0 Å². The number of rotatable bonds is 7. The quantitative estimate of drug-likeness (QED) is 0.779. The molecule has 0 spiro atoms. The van der Waals surface area contributed by atoms with E-state index in [0.29, 0.717) is 25.9 Å². The molecule has 1 fully saturated rings. The minimum absolute atomic E-state index is 0.0148. The summed E-state index contributed by atoms with van der Waals surface area (Å²) in [6.07, 6.45) is 1.79. The van der Waals surface area contributed by atoms with Gasteiger partial charge in [-0.3, -0.25) is 14.4 Å². The molecule has 0 bridgehead atoms. The fourth-order valence-corrected chi connectivity index (χ4v) is 3.32. The molecule has 1 saturated heterocycles. The van der Waals surface area contributed by atoms with E-state index in [2.05, 4.69) is 5.32 Å². The highest BCUT2D eigenvalue weighted by Crippen LogP contribution is 2.21. The first-order chi connectivity index (χ1) is 12.4. The lowest BCUT2D eigenvalue weighted by molar-refractivity contribution is -0.140. The van der Waals surface area contributed by atoms with Gasteiger partial charge in [-0.05, 0) is 30.2 Å². The van der Waals surface area contributed by atoms with E-state index in [1.54, 1.807) is 4.90 Å². The second-order valence-electron chi connectivity index (χ2n) is 7.32. The predicted molar refractivity (Wildman–Crippen MR) is 98.5 cm³/mol. The first-order valence-corrected chi connectivity index (χ1v) is 9.20. The Hall–Kier alpha value is -2.37. The Morgan fingerprint density at radius 1 is 1.15 bits per heavy atom. The van der Waals surface area contributed by atoms with Crippen molar-refractivity contribution in [1.82, 2.24) is 10.2 Å². The number of carbonyl (C=O) groups is 3. The van der Waals surface area contributed by atoms with Gasteiger partial charge in [-0.1, -0.05) is 44.2 Å². The van der Waals surface area contributed by atoms with Crippen molar-refractivity contribution in [2.45, 2.75) is 45.6 Å². The molecule has 1 heterocycles. The summed E-state index contributed by atoms with van der Waals surface area (Å²) in [5.74, 6) is -0.914. The van der Waals surface area contributed by atoms with Crippen LogP contribution in [0.2, 0.25) is 0 Å². The number of carboxylic acid groups (broad SMARTS) is 1. The van der Waals surface area contributed by atoms with E-state index in [0.717, 1.165) is 5.56 Å². The third-order valence-electron chi connectivity index (χ3n) is 4.85. The first-order valence-electron chi connectivity index (χ1n) is 9.20. The molecule has 2 rings (SSSR count). The second-order valence-corrected chi connectivity index (χ2v) is 7.32. The van der Waals surface area contributed by atoms with Crippen molar-refractivity contribution < 1.29 is 19.5 Å². The number of aliphatic carboxylic acids is 1. The minimum Gasteiger partial charge on any atom is -0.481 e. The largest absolute Gasteiger partial charge is 0.481 e. The van der Waals surface area contributed by atoms with Crippen molar-refractivity contribution >= 4 is 17.8 Å². The number of carboxylic acids is 1. The molecule has 6 heteroatoms. The lowest BCUT2D eigenvalue weighted by Gasteiger charge is -2.35.